The van der Waals surface area contributed by atoms with Gasteiger partial charge in [0.05, 0.1) is 11.9 Å². The first-order chi connectivity index (χ1) is 9.76. The molecule has 2 heterocycles. The zero-order valence-electron chi connectivity index (χ0n) is 11.5. The Labute approximate surface area is 128 Å². The van der Waals surface area contributed by atoms with Gasteiger partial charge in [-0.05, 0) is 41.9 Å². The summed E-state index contributed by atoms with van der Waals surface area (Å²) in [7, 11) is 2.04. The van der Waals surface area contributed by atoms with Gasteiger partial charge in [0.1, 0.15) is 11.0 Å². The Morgan fingerprint density at radius 3 is 2.81 bits per heavy atom. The third-order valence-electron chi connectivity index (χ3n) is 3.38. The fourth-order valence-electron chi connectivity index (χ4n) is 2.32. The van der Waals surface area contributed by atoms with Crippen molar-refractivity contribution in [1.29, 1.82) is 0 Å². The van der Waals surface area contributed by atoms with Crippen molar-refractivity contribution >= 4 is 21.6 Å². The topological polar surface area (TPSA) is 50.2 Å². The lowest BCUT2D eigenvalue weighted by atomic mass is 10.1. The molecule has 118 valence electrons. The fourth-order valence-corrected chi connectivity index (χ4v) is 2.77. The molecule has 1 saturated heterocycles. The second-order valence-corrected chi connectivity index (χ2v) is 6.04. The van der Waals surface area contributed by atoms with Crippen LogP contribution in [0.25, 0.3) is 0 Å². The molecular formula is C12H16BrF3N4O. The molecule has 1 N–H and O–H groups in total. The van der Waals surface area contributed by atoms with Crippen LogP contribution >= 0.6 is 15.9 Å². The number of rotatable bonds is 4. The van der Waals surface area contributed by atoms with Crippen LogP contribution in [0.15, 0.2) is 15.5 Å². The molecule has 1 aliphatic heterocycles. The van der Waals surface area contributed by atoms with E-state index in [1.165, 1.54) is 6.20 Å². The van der Waals surface area contributed by atoms with Crippen molar-refractivity contribution in [3.8, 4) is 0 Å². The van der Waals surface area contributed by atoms with Crippen LogP contribution in [0, 0.1) is 5.92 Å². The van der Waals surface area contributed by atoms with Crippen LogP contribution in [0.5, 0.6) is 0 Å². The summed E-state index contributed by atoms with van der Waals surface area (Å²) < 4.78 is 37.4. The van der Waals surface area contributed by atoms with E-state index in [1.54, 1.807) is 0 Å². The van der Waals surface area contributed by atoms with Crippen molar-refractivity contribution < 1.29 is 13.2 Å². The normalized spacial score (nSPS) is 20.0. The highest BCUT2D eigenvalue weighted by atomic mass is 79.9. The number of halogens is 4. The predicted molar refractivity (Wildman–Crippen MR) is 76.3 cm³/mol. The largest absolute Gasteiger partial charge is 0.408 e. The van der Waals surface area contributed by atoms with E-state index in [4.69, 9.17) is 0 Å². The lowest BCUT2D eigenvalue weighted by Gasteiger charge is -2.14. The average molecular weight is 369 g/mol. The molecule has 0 aliphatic carbocycles. The van der Waals surface area contributed by atoms with Gasteiger partial charge in [0.15, 0.2) is 0 Å². The SMILES string of the molecule is CN1CCC(CNc2cnn(CC(F)(F)F)c(=O)c2Br)C1. The van der Waals surface area contributed by atoms with E-state index in [0.717, 1.165) is 19.5 Å². The third-order valence-corrected chi connectivity index (χ3v) is 4.15. The van der Waals surface area contributed by atoms with Crippen LogP contribution in [-0.2, 0) is 6.54 Å². The van der Waals surface area contributed by atoms with Gasteiger partial charge < -0.3 is 10.2 Å². The molecule has 0 spiro atoms. The summed E-state index contributed by atoms with van der Waals surface area (Å²) in [4.78, 5) is 14.0. The molecule has 1 aliphatic rings. The minimum Gasteiger partial charge on any atom is -0.382 e. The second-order valence-electron chi connectivity index (χ2n) is 5.25. The van der Waals surface area contributed by atoms with Gasteiger partial charge in [0.25, 0.3) is 5.56 Å². The molecule has 0 bridgehead atoms. The maximum absolute atomic E-state index is 12.3. The number of likely N-dealkylation sites (tertiary alicyclic amines) is 1. The van der Waals surface area contributed by atoms with Gasteiger partial charge >= 0.3 is 6.18 Å². The first-order valence-corrected chi connectivity index (χ1v) is 7.30. The quantitative estimate of drug-likeness (QED) is 0.882. The maximum atomic E-state index is 12.3. The Morgan fingerprint density at radius 1 is 1.52 bits per heavy atom. The van der Waals surface area contributed by atoms with E-state index in [1.807, 2.05) is 7.05 Å². The second kappa shape index (κ2) is 6.35. The molecule has 1 aromatic rings. The number of hydrogen-bond acceptors (Lipinski definition) is 4. The maximum Gasteiger partial charge on any atom is 0.408 e. The number of anilines is 1. The summed E-state index contributed by atoms with van der Waals surface area (Å²) in [5, 5.41) is 6.64. The van der Waals surface area contributed by atoms with Crippen LogP contribution in [0.1, 0.15) is 6.42 Å². The smallest absolute Gasteiger partial charge is 0.382 e. The van der Waals surface area contributed by atoms with Crippen molar-refractivity contribution in [3.63, 3.8) is 0 Å². The molecule has 1 aromatic heterocycles. The van der Waals surface area contributed by atoms with Crippen LogP contribution in [0.4, 0.5) is 18.9 Å². The Kier molecular flexibility index (Phi) is 4.92. The molecule has 1 unspecified atom stereocenters. The molecule has 0 radical (unpaired) electrons. The van der Waals surface area contributed by atoms with Crippen LogP contribution in [0.2, 0.25) is 0 Å². The Morgan fingerprint density at radius 2 is 2.24 bits per heavy atom. The molecule has 1 fully saturated rings. The highest BCUT2D eigenvalue weighted by Gasteiger charge is 2.29. The van der Waals surface area contributed by atoms with Crippen molar-refractivity contribution in [3.05, 3.63) is 21.0 Å². The van der Waals surface area contributed by atoms with E-state index < -0.39 is 18.3 Å². The van der Waals surface area contributed by atoms with Gasteiger partial charge in [0.2, 0.25) is 0 Å². The van der Waals surface area contributed by atoms with Crippen LogP contribution in [0.3, 0.4) is 0 Å². The fraction of sp³-hybridized carbons (Fsp3) is 0.667. The number of nitrogens with zero attached hydrogens (tertiary/aromatic N) is 3. The Hall–Kier alpha value is -1.09. The van der Waals surface area contributed by atoms with Gasteiger partial charge in [-0.25, -0.2) is 4.68 Å². The number of nitrogens with one attached hydrogen (secondary N) is 1. The monoisotopic (exact) mass is 368 g/mol. The zero-order valence-corrected chi connectivity index (χ0v) is 13.0. The summed E-state index contributed by atoms with van der Waals surface area (Å²) in [5.74, 6) is 0.458. The summed E-state index contributed by atoms with van der Waals surface area (Å²) in [5.41, 5.74) is -0.367. The van der Waals surface area contributed by atoms with E-state index in [9.17, 15) is 18.0 Å². The van der Waals surface area contributed by atoms with Crippen LogP contribution in [-0.4, -0.2) is 47.5 Å². The summed E-state index contributed by atoms with van der Waals surface area (Å²) in [6.45, 7) is 1.26. The first kappa shape index (κ1) is 16.3. The average Bonchev–Trinajstić information content (AvgIpc) is 2.79. The molecule has 21 heavy (non-hydrogen) atoms. The van der Waals surface area contributed by atoms with Crippen LogP contribution < -0.4 is 10.9 Å². The van der Waals surface area contributed by atoms with E-state index in [2.05, 4.69) is 31.2 Å². The molecule has 2 rings (SSSR count). The van der Waals surface area contributed by atoms with Gasteiger partial charge in [-0.15, -0.1) is 0 Å². The Balaban J connectivity index is 2.05. The van der Waals surface area contributed by atoms with Gasteiger partial charge in [-0.3, -0.25) is 4.79 Å². The summed E-state index contributed by atoms with van der Waals surface area (Å²) >= 11 is 3.05. The molecule has 0 saturated carbocycles. The summed E-state index contributed by atoms with van der Waals surface area (Å²) in [6, 6.07) is 0. The van der Waals surface area contributed by atoms with Crippen molar-refractivity contribution in [2.75, 3.05) is 32.0 Å². The van der Waals surface area contributed by atoms with Crippen molar-refractivity contribution in [2.45, 2.75) is 19.1 Å². The standard InChI is InChI=1S/C12H16BrF3N4O/c1-19-3-2-8(6-19)4-17-9-5-18-20(7-12(14,15)16)11(21)10(9)13/h5,8,17H,2-4,6-7H2,1H3. The predicted octanol–water partition coefficient (Wildman–Crippen LogP) is 1.93. The molecule has 0 amide bonds. The molecule has 1 atom stereocenters. The molecule has 9 heteroatoms. The third kappa shape index (κ3) is 4.44. The first-order valence-electron chi connectivity index (χ1n) is 6.51. The van der Waals surface area contributed by atoms with Crippen molar-refractivity contribution in [2.24, 2.45) is 5.92 Å². The Bertz CT molecular complexity index is 560. The molecular weight excluding hydrogens is 353 g/mol. The summed E-state index contributed by atoms with van der Waals surface area (Å²) in [6.07, 6.45) is -2.17. The minimum absolute atomic E-state index is 0.0769. The van der Waals surface area contributed by atoms with Gasteiger partial charge in [-0.2, -0.15) is 18.3 Å². The lowest BCUT2D eigenvalue weighted by molar-refractivity contribution is -0.143. The van der Waals surface area contributed by atoms with E-state index in [-0.39, 0.29) is 4.47 Å². The highest BCUT2D eigenvalue weighted by Crippen LogP contribution is 2.21. The number of aromatic nitrogens is 2. The van der Waals surface area contributed by atoms with Crippen molar-refractivity contribution in [1.82, 2.24) is 14.7 Å². The lowest BCUT2D eigenvalue weighted by Crippen LogP contribution is -2.31. The highest BCUT2D eigenvalue weighted by molar-refractivity contribution is 9.10. The van der Waals surface area contributed by atoms with E-state index in [0.29, 0.717) is 22.8 Å². The molecule has 5 nitrogen and oxygen atoms in total. The zero-order chi connectivity index (χ0) is 15.6. The number of hydrogen-bond donors (Lipinski definition) is 1. The molecule has 0 aromatic carbocycles. The number of alkyl halides is 3. The van der Waals surface area contributed by atoms with Gasteiger partial charge in [0, 0.05) is 13.1 Å². The van der Waals surface area contributed by atoms with E-state index >= 15 is 0 Å². The minimum atomic E-state index is -4.47. The van der Waals surface area contributed by atoms with Gasteiger partial charge in [-0.1, -0.05) is 0 Å².